The SMILES string of the molecule is CC(C)(C)S(=O)(=O)CCC(CBr)Cc1cccc(Cl)c1. The molecule has 1 aromatic carbocycles. The molecule has 1 atom stereocenters. The molecule has 0 heterocycles. The second kappa shape index (κ2) is 7.28. The van der Waals surface area contributed by atoms with Crippen molar-refractivity contribution in [2.75, 3.05) is 11.1 Å². The summed E-state index contributed by atoms with van der Waals surface area (Å²) in [4.78, 5) is 0. The van der Waals surface area contributed by atoms with Gasteiger partial charge in [0.25, 0.3) is 0 Å². The summed E-state index contributed by atoms with van der Waals surface area (Å²) in [7, 11) is -3.05. The van der Waals surface area contributed by atoms with Gasteiger partial charge in [-0.25, -0.2) is 8.42 Å². The Morgan fingerprint density at radius 1 is 1.30 bits per heavy atom. The summed E-state index contributed by atoms with van der Waals surface area (Å²) < 4.78 is 23.6. The van der Waals surface area contributed by atoms with Crippen LogP contribution in [-0.2, 0) is 16.3 Å². The van der Waals surface area contributed by atoms with Gasteiger partial charge >= 0.3 is 0 Å². The van der Waals surface area contributed by atoms with E-state index in [1.165, 1.54) is 0 Å². The van der Waals surface area contributed by atoms with E-state index in [9.17, 15) is 8.42 Å². The second-order valence-electron chi connectivity index (χ2n) is 6.07. The third kappa shape index (κ3) is 5.38. The van der Waals surface area contributed by atoms with Crippen molar-refractivity contribution in [1.29, 1.82) is 0 Å². The molecule has 0 radical (unpaired) electrons. The first-order valence-electron chi connectivity index (χ1n) is 6.68. The Morgan fingerprint density at radius 3 is 2.45 bits per heavy atom. The molecule has 0 bridgehead atoms. The molecular weight excluding hydrogens is 360 g/mol. The zero-order valence-corrected chi connectivity index (χ0v) is 15.4. The van der Waals surface area contributed by atoms with Gasteiger partial charge in [-0.2, -0.15) is 0 Å². The van der Waals surface area contributed by atoms with Gasteiger partial charge in [0.1, 0.15) is 0 Å². The Morgan fingerprint density at radius 2 is 1.95 bits per heavy atom. The molecule has 1 rings (SSSR count). The smallest absolute Gasteiger partial charge is 0.155 e. The maximum Gasteiger partial charge on any atom is 0.155 e. The van der Waals surface area contributed by atoms with Crippen LogP contribution in [0.3, 0.4) is 0 Å². The Balaban J connectivity index is 2.65. The molecule has 0 N–H and O–H groups in total. The van der Waals surface area contributed by atoms with Crippen molar-refractivity contribution in [3.05, 3.63) is 34.9 Å². The number of halogens is 2. The predicted octanol–water partition coefficient (Wildman–Crippen LogP) is 4.50. The van der Waals surface area contributed by atoms with E-state index in [0.29, 0.717) is 12.3 Å². The van der Waals surface area contributed by atoms with Crippen molar-refractivity contribution in [3.63, 3.8) is 0 Å². The van der Waals surface area contributed by atoms with Crippen LogP contribution in [0.5, 0.6) is 0 Å². The lowest BCUT2D eigenvalue weighted by Crippen LogP contribution is -2.31. The van der Waals surface area contributed by atoms with Gasteiger partial charge in [-0.05, 0) is 57.2 Å². The molecule has 0 saturated carbocycles. The number of benzene rings is 1. The first-order valence-corrected chi connectivity index (χ1v) is 9.83. The Labute approximate surface area is 136 Å². The van der Waals surface area contributed by atoms with Gasteiger partial charge in [0, 0.05) is 10.4 Å². The molecule has 0 aliphatic heterocycles. The van der Waals surface area contributed by atoms with E-state index in [-0.39, 0.29) is 5.75 Å². The molecule has 0 spiro atoms. The molecule has 114 valence electrons. The molecule has 0 saturated heterocycles. The molecule has 2 nitrogen and oxygen atoms in total. The van der Waals surface area contributed by atoms with Crippen LogP contribution >= 0.6 is 27.5 Å². The second-order valence-corrected chi connectivity index (χ2v) is 10.0. The third-order valence-electron chi connectivity index (χ3n) is 3.36. The van der Waals surface area contributed by atoms with Crippen molar-refractivity contribution >= 4 is 37.4 Å². The topological polar surface area (TPSA) is 34.1 Å². The van der Waals surface area contributed by atoms with E-state index in [1.807, 2.05) is 24.3 Å². The van der Waals surface area contributed by atoms with Gasteiger partial charge in [0.15, 0.2) is 9.84 Å². The maximum absolute atomic E-state index is 12.1. The number of sulfone groups is 1. The first-order chi connectivity index (χ1) is 9.15. The summed E-state index contributed by atoms with van der Waals surface area (Å²) in [5.41, 5.74) is 1.15. The van der Waals surface area contributed by atoms with Crippen molar-refractivity contribution in [2.24, 2.45) is 5.92 Å². The van der Waals surface area contributed by atoms with Crippen molar-refractivity contribution in [3.8, 4) is 0 Å². The van der Waals surface area contributed by atoms with Gasteiger partial charge in [-0.15, -0.1) is 0 Å². The van der Waals surface area contributed by atoms with E-state index in [0.717, 1.165) is 22.3 Å². The molecule has 1 aromatic rings. The van der Waals surface area contributed by atoms with Gasteiger partial charge < -0.3 is 0 Å². The summed E-state index contributed by atoms with van der Waals surface area (Å²) in [6, 6.07) is 7.74. The van der Waals surface area contributed by atoms with Crippen LogP contribution < -0.4 is 0 Å². The summed E-state index contributed by atoms with van der Waals surface area (Å²) >= 11 is 9.46. The van der Waals surface area contributed by atoms with E-state index in [4.69, 9.17) is 11.6 Å². The average molecular weight is 382 g/mol. The highest BCUT2D eigenvalue weighted by molar-refractivity contribution is 9.09. The van der Waals surface area contributed by atoms with Crippen molar-refractivity contribution in [2.45, 2.75) is 38.4 Å². The van der Waals surface area contributed by atoms with Crippen LogP contribution in [0.25, 0.3) is 0 Å². The lowest BCUT2D eigenvalue weighted by molar-refractivity contribution is 0.532. The molecule has 5 heteroatoms. The molecule has 1 unspecified atom stereocenters. The monoisotopic (exact) mass is 380 g/mol. The predicted molar refractivity (Wildman–Crippen MR) is 90.6 cm³/mol. The van der Waals surface area contributed by atoms with E-state index < -0.39 is 14.6 Å². The summed E-state index contributed by atoms with van der Waals surface area (Å²) in [6.45, 7) is 5.26. The molecule has 0 fully saturated rings. The number of rotatable bonds is 6. The van der Waals surface area contributed by atoms with Gasteiger partial charge in [0.05, 0.1) is 10.5 Å². The summed E-state index contributed by atoms with van der Waals surface area (Å²) in [6.07, 6.45) is 1.50. The molecule has 20 heavy (non-hydrogen) atoms. The van der Waals surface area contributed by atoms with E-state index >= 15 is 0 Å². The van der Waals surface area contributed by atoms with Crippen LogP contribution in [0.2, 0.25) is 5.02 Å². The van der Waals surface area contributed by atoms with E-state index in [2.05, 4.69) is 15.9 Å². The fraction of sp³-hybridized carbons (Fsp3) is 0.600. The average Bonchev–Trinajstić information content (AvgIpc) is 2.33. The third-order valence-corrected chi connectivity index (χ3v) is 7.15. The van der Waals surface area contributed by atoms with Crippen LogP contribution in [0, 0.1) is 5.92 Å². The number of alkyl halides is 1. The minimum atomic E-state index is -3.05. The van der Waals surface area contributed by atoms with Gasteiger partial charge in [0.2, 0.25) is 0 Å². The maximum atomic E-state index is 12.1. The largest absolute Gasteiger partial charge is 0.228 e. The fourth-order valence-corrected chi connectivity index (χ4v) is 3.88. The van der Waals surface area contributed by atoms with Crippen molar-refractivity contribution < 1.29 is 8.42 Å². The molecule has 0 amide bonds. The molecular formula is C15H22BrClO2S. The molecule has 0 aliphatic carbocycles. The Kier molecular flexibility index (Phi) is 6.55. The van der Waals surface area contributed by atoms with Crippen LogP contribution in [0.1, 0.15) is 32.8 Å². The van der Waals surface area contributed by atoms with E-state index in [1.54, 1.807) is 20.8 Å². The minimum absolute atomic E-state index is 0.229. The normalized spacial score (nSPS) is 14.2. The van der Waals surface area contributed by atoms with Crippen LogP contribution in [0.15, 0.2) is 24.3 Å². The number of hydrogen-bond acceptors (Lipinski definition) is 2. The van der Waals surface area contributed by atoms with Crippen molar-refractivity contribution in [1.82, 2.24) is 0 Å². The fourth-order valence-electron chi connectivity index (χ4n) is 1.86. The highest BCUT2D eigenvalue weighted by Crippen LogP contribution is 2.22. The number of hydrogen-bond donors (Lipinski definition) is 0. The van der Waals surface area contributed by atoms with Gasteiger partial charge in [-0.3, -0.25) is 0 Å². The lowest BCUT2D eigenvalue weighted by atomic mass is 9.99. The highest BCUT2D eigenvalue weighted by Gasteiger charge is 2.29. The zero-order chi connectivity index (χ0) is 15.4. The lowest BCUT2D eigenvalue weighted by Gasteiger charge is -2.21. The minimum Gasteiger partial charge on any atom is -0.228 e. The highest BCUT2D eigenvalue weighted by atomic mass is 79.9. The molecule has 0 aliphatic rings. The Bertz CT molecular complexity index is 535. The molecule has 0 aromatic heterocycles. The van der Waals surface area contributed by atoms with Gasteiger partial charge in [-0.1, -0.05) is 39.7 Å². The Hall–Kier alpha value is -0.0600. The zero-order valence-electron chi connectivity index (χ0n) is 12.2. The standard InChI is InChI=1S/C15H22BrClO2S/c1-15(2,3)20(18,19)8-7-13(11-16)9-12-5-4-6-14(17)10-12/h4-6,10,13H,7-9,11H2,1-3H3. The quantitative estimate of drug-likeness (QED) is 0.680. The summed E-state index contributed by atoms with van der Waals surface area (Å²) in [5.74, 6) is 0.526. The van der Waals surface area contributed by atoms with Crippen LogP contribution in [-0.4, -0.2) is 24.2 Å². The van der Waals surface area contributed by atoms with Crippen LogP contribution in [0.4, 0.5) is 0 Å². The first kappa shape index (κ1) is 18.0. The summed E-state index contributed by atoms with van der Waals surface area (Å²) in [5, 5.41) is 1.51.